The first-order valence-corrected chi connectivity index (χ1v) is 5.95. The number of hydrogen-bond donors (Lipinski definition) is 3. The van der Waals surface area contributed by atoms with Gasteiger partial charge in [-0.2, -0.15) is 0 Å². The van der Waals surface area contributed by atoms with Gasteiger partial charge in [0.2, 0.25) is 5.91 Å². The maximum absolute atomic E-state index is 11.8. The average Bonchev–Trinajstić information content (AvgIpc) is 2.12. The summed E-state index contributed by atoms with van der Waals surface area (Å²) in [6.07, 6.45) is -0.875. The van der Waals surface area contributed by atoms with Crippen molar-refractivity contribution in [1.82, 2.24) is 10.6 Å². The minimum atomic E-state index is -1.18. The van der Waals surface area contributed by atoms with Gasteiger partial charge in [0.1, 0.15) is 11.1 Å². The minimum Gasteiger partial charge on any atom is -0.481 e. The van der Waals surface area contributed by atoms with E-state index < -0.39 is 29.1 Å². The van der Waals surface area contributed by atoms with Crippen LogP contribution in [0, 0.1) is 0 Å². The number of hydrogen-bond acceptors (Lipinski definition) is 4. The lowest BCUT2D eigenvalue weighted by Gasteiger charge is -2.27. The number of carboxylic acid groups (broad SMARTS) is 1. The maximum Gasteiger partial charge on any atom is 0.408 e. The van der Waals surface area contributed by atoms with Gasteiger partial charge in [-0.05, 0) is 34.6 Å². The van der Waals surface area contributed by atoms with Crippen molar-refractivity contribution < 1.29 is 24.2 Å². The van der Waals surface area contributed by atoms with Crippen LogP contribution in [0.4, 0.5) is 4.79 Å². The highest BCUT2D eigenvalue weighted by Crippen LogP contribution is 2.09. The summed E-state index contributed by atoms with van der Waals surface area (Å²) in [5.41, 5.74) is -1.83. The van der Waals surface area contributed by atoms with Crippen LogP contribution in [0.15, 0.2) is 0 Å². The fourth-order valence-electron chi connectivity index (χ4n) is 1.12. The van der Waals surface area contributed by atoms with Gasteiger partial charge in [-0.15, -0.1) is 0 Å². The third-order valence-corrected chi connectivity index (χ3v) is 2.01. The SMILES string of the molecule is CC(C)(C)OC(=O)NC(C)(C)C(=O)NCCC(=O)O. The molecule has 0 heterocycles. The fraction of sp³-hybridized carbons (Fsp3) is 0.750. The van der Waals surface area contributed by atoms with Gasteiger partial charge in [0.05, 0.1) is 6.42 Å². The predicted octanol–water partition coefficient (Wildman–Crippen LogP) is 0.881. The van der Waals surface area contributed by atoms with Crippen LogP contribution in [0.5, 0.6) is 0 Å². The molecule has 110 valence electrons. The van der Waals surface area contributed by atoms with Gasteiger partial charge in [0.25, 0.3) is 0 Å². The quantitative estimate of drug-likeness (QED) is 0.690. The Hall–Kier alpha value is -1.79. The molecule has 0 aromatic rings. The summed E-state index contributed by atoms with van der Waals surface area (Å²) < 4.78 is 5.04. The number of alkyl carbamates (subject to hydrolysis) is 1. The van der Waals surface area contributed by atoms with Crippen LogP contribution in [-0.2, 0) is 14.3 Å². The zero-order chi connectivity index (χ0) is 15.3. The number of carbonyl (C=O) groups is 3. The normalized spacial score (nSPS) is 11.6. The van der Waals surface area contributed by atoms with Crippen LogP contribution in [0.2, 0.25) is 0 Å². The Balaban J connectivity index is 4.33. The van der Waals surface area contributed by atoms with E-state index in [0.29, 0.717) is 0 Å². The third kappa shape index (κ3) is 8.01. The van der Waals surface area contributed by atoms with E-state index >= 15 is 0 Å². The second kappa shape index (κ2) is 6.40. The summed E-state index contributed by atoms with van der Waals surface area (Å²) in [6, 6.07) is 0. The molecule has 7 heteroatoms. The number of amides is 2. The Morgan fingerprint density at radius 1 is 1.11 bits per heavy atom. The largest absolute Gasteiger partial charge is 0.481 e. The van der Waals surface area contributed by atoms with Crippen molar-refractivity contribution in [2.45, 2.75) is 52.2 Å². The molecule has 0 radical (unpaired) electrons. The third-order valence-electron chi connectivity index (χ3n) is 2.01. The molecule has 0 aliphatic rings. The first-order valence-electron chi connectivity index (χ1n) is 5.95. The molecule has 0 spiro atoms. The molecule has 0 unspecified atom stereocenters. The van der Waals surface area contributed by atoms with Crippen molar-refractivity contribution in [2.75, 3.05) is 6.54 Å². The Kier molecular flexibility index (Phi) is 5.80. The van der Waals surface area contributed by atoms with Crippen LogP contribution < -0.4 is 10.6 Å². The summed E-state index contributed by atoms with van der Waals surface area (Å²) in [5, 5.41) is 13.3. The van der Waals surface area contributed by atoms with Gasteiger partial charge in [0.15, 0.2) is 0 Å². The molecule has 0 fully saturated rings. The number of aliphatic carboxylic acids is 1. The summed E-state index contributed by atoms with van der Waals surface area (Å²) in [7, 11) is 0. The topological polar surface area (TPSA) is 105 Å². The van der Waals surface area contributed by atoms with E-state index in [1.54, 1.807) is 20.8 Å². The number of carbonyl (C=O) groups excluding carboxylic acids is 2. The van der Waals surface area contributed by atoms with E-state index in [-0.39, 0.29) is 13.0 Å². The molecule has 2 amide bonds. The predicted molar refractivity (Wildman–Crippen MR) is 68.7 cm³/mol. The van der Waals surface area contributed by atoms with Crippen molar-refractivity contribution in [3.05, 3.63) is 0 Å². The molecular formula is C12H22N2O5. The van der Waals surface area contributed by atoms with E-state index in [4.69, 9.17) is 9.84 Å². The molecule has 0 rings (SSSR count). The molecule has 0 aliphatic heterocycles. The van der Waals surface area contributed by atoms with Crippen LogP contribution in [0.1, 0.15) is 41.0 Å². The summed E-state index contributed by atoms with van der Waals surface area (Å²) >= 11 is 0. The molecule has 0 atom stereocenters. The van der Waals surface area contributed by atoms with Crippen LogP contribution in [-0.4, -0.2) is 40.8 Å². The molecule has 0 aromatic carbocycles. The van der Waals surface area contributed by atoms with Crippen molar-refractivity contribution in [2.24, 2.45) is 0 Å². The van der Waals surface area contributed by atoms with E-state index in [9.17, 15) is 14.4 Å². The van der Waals surface area contributed by atoms with Gasteiger partial charge < -0.3 is 20.5 Å². The molecule has 3 N–H and O–H groups in total. The highest BCUT2D eigenvalue weighted by Gasteiger charge is 2.31. The minimum absolute atomic E-state index is 0.00753. The maximum atomic E-state index is 11.8. The molecule has 0 aliphatic carbocycles. The first-order chi connectivity index (χ1) is 8.44. The summed E-state index contributed by atoms with van der Waals surface area (Å²) in [5.74, 6) is -1.47. The number of rotatable bonds is 5. The lowest BCUT2D eigenvalue weighted by Crippen LogP contribution is -2.55. The van der Waals surface area contributed by atoms with E-state index in [2.05, 4.69) is 10.6 Å². The average molecular weight is 274 g/mol. The lowest BCUT2D eigenvalue weighted by atomic mass is 10.1. The number of nitrogens with one attached hydrogen (secondary N) is 2. The van der Waals surface area contributed by atoms with Crippen molar-refractivity contribution >= 4 is 18.0 Å². The highest BCUT2D eigenvalue weighted by atomic mass is 16.6. The van der Waals surface area contributed by atoms with E-state index in [0.717, 1.165) is 0 Å². The Labute approximate surface area is 112 Å². The molecule has 19 heavy (non-hydrogen) atoms. The second-order valence-electron chi connectivity index (χ2n) is 5.65. The molecule has 0 saturated heterocycles. The van der Waals surface area contributed by atoms with Gasteiger partial charge >= 0.3 is 12.1 Å². The molecule has 0 aromatic heterocycles. The Morgan fingerprint density at radius 2 is 1.63 bits per heavy atom. The molecular weight excluding hydrogens is 252 g/mol. The van der Waals surface area contributed by atoms with Crippen molar-refractivity contribution in [1.29, 1.82) is 0 Å². The number of ether oxygens (including phenoxy) is 1. The zero-order valence-corrected chi connectivity index (χ0v) is 12.0. The van der Waals surface area contributed by atoms with Gasteiger partial charge in [-0.25, -0.2) is 4.79 Å². The summed E-state index contributed by atoms with van der Waals surface area (Å²) in [4.78, 5) is 33.7. The summed E-state index contributed by atoms with van der Waals surface area (Å²) in [6.45, 7) is 8.17. The lowest BCUT2D eigenvalue weighted by molar-refractivity contribution is -0.137. The first kappa shape index (κ1) is 17.2. The molecule has 7 nitrogen and oxygen atoms in total. The smallest absolute Gasteiger partial charge is 0.408 e. The van der Waals surface area contributed by atoms with E-state index in [1.807, 2.05) is 0 Å². The Morgan fingerprint density at radius 3 is 2.05 bits per heavy atom. The van der Waals surface area contributed by atoms with Gasteiger partial charge in [0, 0.05) is 6.54 Å². The standard InChI is InChI=1S/C12H22N2O5/c1-11(2,3)19-10(18)14-12(4,5)9(17)13-7-6-8(15)16/h6-7H2,1-5H3,(H,13,17)(H,14,18)(H,15,16). The second-order valence-corrected chi connectivity index (χ2v) is 5.65. The zero-order valence-electron chi connectivity index (χ0n) is 12.0. The van der Waals surface area contributed by atoms with Crippen LogP contribution in [0.25, 0.3) is 0 Å². The van der Waals surface area contributed by atoms with Gasteiger partial charge in [-0.3, -0.25) is 9.59 Å². The Bertz CT molecular complexity index is 358. The van der Waals surface area contributed by atoms with Crippen LogP contribution >= 0.6 is 0 Å². The van der Waals surface area contributed by atoms with Gasteiger partial charge in [-0.1, -0.05) is 0 Å². The highest BCUT2D eigenvalue weighted by molar-refractivity contribution is 5.89. The monoisotopic (exact) mass is 274 g/mol. The number of carboxylic acids is 1. The van der Waals surface area contributed by atoms with Crippen molar-refractivity contribution in [3.63, 3.8) is 0 Å². The van der Waals surface area contributed by atoms with Crippen LogP contribution in [0.3, 0.4) is 0 Å². The van der Waals surface area contributed by atoms with Crippen molar-refractivity contribution in [3.8, 4) is 0 Å². The van der Waals surface area contributed by atoms with E-state index in [1.165, 1.54) is 13.8 Å². The fourth-order valence-corrected chi connectivity index (χ4v) is 1.12. The molecule has 0 saturated carbocycles. The molecule has 0 bridgehead atoms.